The molecule has 3 nitrogen and oxygen atoms in total. The van der Waals surface area contributed by atoms with Gasteiger partial charge >= 0.3 is 5.97 Å². The third-order valence-electron chi connectivity index (χ3n) is 6.81. The number of hydrogen-bond donors (Lipinski definition) is 1. The number of aryl methyl sites for hydroxylation is 1. The highest BCUT2D eigenvalue weighted by molar-refractivity contribution is 5.75. The topological polar surface area (TPSA) is 50.4 Å². The molecule has 2 aliphatic carbocycles. The molecule has 3 heteroatoms. The van der Waals surface area contributed by atoms with Gasteiger partial charge in [0.1, 0.15) is 0 Å². The third kappa shape index (κ3) is 2.64. The Hall–Kier alpha value is -1.51. The SMILES string of the molecule is C=C1CC[C@H]2[C@@](C)(CCC[C@@]2(C)C(=O)O)[C@@H]1CCc1ccoc1. The molecule has 4 atom stereocenters. The van der Waals surface area contributed by atoms with E-state index in [0.29, 0.717) is 5.92 Å². The lowest BCUT2D eigenvalue weighted by atomic mass is 9.46. The molecule has 23 heavy (non-hydrogen) atoms. The highest BCUT2D eigenvalue weighted by atomic mass is 16.4. The monoisotopic (exact) mass is 316 g/mol. The number of rotatable bonds is 4. The normalized spacial score (nSPS) is 37.4. The molecule has 1 N–H and O–H groups in total. The van der Waals surface area contributed by atoms with E-state index < -0.39 is 11.4 Å². The first kappa shape index (κ1) is 16.4. The Kier molecular flexibility index (Phi) is 4.16. The van der Waals surface area contributed by atoms with Gasteiger partial charge in [-0.3, -0.25) is 4.79 Å². The summed E-state index contributed by atoms with van der Waals surface area (Å²) >= 11 is 0. The van der Waals surface area contributed by atoms with E-state index in [1.807, 2.05) is 19.3 Å². The molecule has 0 unspecified atom stereocenters. The fourth-order valence-corrected chi connectivity index (χ4v) is 5.48. The third-order valence-corrected chi connectivity index (χ3v) is 6.81. The summed E-state index contributed by atoms with van der Waals surface area (Å²) in [6.45, 7) is 8.65. The summed E-state index contributed by atoms with van der Waals surface area (Å²) in [7, 11) is 0. The molecule has 1 aromatic heterocycles. The zero-order valence-corrected chi connectivity index (χ0v) is 14.3. The first-order valence-electron chi connectivity index (χ1n) is 8.80. The number of aliphatic carboxylic acids is 1. The van der Waals surface area contributed by atoms with E-state index in [1.165, 1.54) is 11.1 Å². The van der Waals surface area contributed by atoms with E-state index in [4.69, 9.17) is 4.42 Å². The van der Waals surface area contributed by atoms with Crippen LogP contribution in [0.5, 0.6) is 0 Å². The van der Waals surface area contributed by atoms with E-state index in [9.17, 15) is 9.90 Å². The molecule has 2 fully saturated rings. The van der Waals surface area contributed by atoms with Gasteiger partial charge in [-0.25, -0.2) is 0 Å². The predicted molar refractivity (Wildman–Crippen MR) is 90.1 cm³/mol. The highest BCUT2D eigenvalue weighted by Crippen LogP contribution is 2.61. The minimum absolute atomic E-state index is 0.0600. The molecule has 0 spiro atoms. The van der Waals surface area contributed by atoms with Crippen molar-refractivity contribution in [3.8, 4) is 0 Å². The van der Waals surface area contributed by atoms with Crippen LogP contribution in [0.2, 0.25) is 0 Å². The van der Waals surface area contributed by atoms with Crippen LogP contribution in [0.3, 0.4) is 0 Å². The maximum absolute atomic E-state index is 12.0. The Balaban J connectivity index is 1.86. The fraction of sp³-hybridized carbons (Fsp3) is 0.650. The molecule has 2 aliphatic rings. The van der Waals surface area contributed by atoms with Gasteiger partial charge in [0, 0.05) is 0 Å². The van der Waals surface area contributed by atoms with Gasteiger partial charge < -0.3 is 9.52 Å². The quantitative estimate of drug-likeness (QED) is 0.788. The van der Waals surface area contributed by atoms with Crippen molar-refractivity contribution in [3.05, 3.63) is 36.3 Å². The fourth-order valence-electron chi connectivity index (χ4n) is 5.48. The summed E-state index contributed by atoms with van der Waals surface area (Å²) in [6.07, 6.45) is 10.4. The van der Waals surface area contributed by atoms with Crippen molar-refractivity contribution in [2.75, 3.05) is 0 Å². The van der Waals surface area contributed by atoms with Crippen LogP contribution in [-0.4, -0.2) is 11.1 Å². The number of hydrogen-bond acceptors (Lipinski definition) is 2. The maximum atomic E-state index is 12.0. The van der Waals surface area contributed by atoms with Crippen LogP contribution >= 0.6 is 0 Å². The molecule has 3 rings (SSSR count). The number of fused-ring (bicyclic) bond motifs is 1. The smallest absolute Gasteiger partial charge is 0.309 e. The first-order chi connectivity index (χ1) is 10.9. The van der Waals surface area contributed by atoms with E-state index in [1.54, 1.807) is 6.26 Å². The van der Waals surface area contributed by atoms with E-state index >= 15 is 0 Å². The Bertz CT molecular complexity index is 588. The molecule has 2 saturated carbocycles. The van der Waals surface area contributed by atoms with Gasteiger partial charge in [0.25, 0.3) is 0 Å². The summed E-state index contributed by atoms with van der Waals surface area (Å²) in [5, 5.41) is 9.85. The van der Waals surface area contributed by atoms with Crippen molar-refractivity contribution in [3.63, 3.8) is 0 Å². The van der Waals surface area contributed by atoms with Gasteiger partial charge in [-0.1, -0.05) is 25.5 Å². The Morgan fingerprint density at radius 3 is 2.87 bits per heavy atom. The molecule has 1 aromatic rings. The molecule has 0 amide bonds. The van der Waals surface area contributed by atoms with Crippen molar-refractivity contribution >= 4 is 5.97 Å². The minimum atomic E-state index is -0.616. The largest absolute Gasteiger partial charge is 0.481 e. The predicted octanol–water partition coefficient (Wildman–Crippen LogP) is 5.08. The molecule has 0 aromatic carbocycles. The molecule has 0 bridgehead atoms. The lowest BCUT2D eigenvalue weighted by Crippen LogP contribution is -2.53. The summed E-state index contributed by atoms with van der Waals surface area (Å²) in [6, 6.07) is 2.02. The second-order valence-corrected chi connectivity index (χ2v) is 8.05. The average molecular weight is 316 g/mol. The maximum Gasteiger partial charge on any atom is 0.309 e. The highest BCUT2D eigenvalue weighted by Gasteiger charge is 2.57. The van der Waals surface area contributed by atoms with Crippen LogP contribution in [0.1, 0.15) is 57.9 Å². The summed E-state index contributed by atoms with van der Waals surface area (Å²) in [4.78, 5) is 12.0. The lowest BCUT2D eigenvalue weighted by molar-refractivity contribution is -0.164. The van der Waals surface area contributed by atoms with Crippen LogP contribution < -0.4 is 0 Å². The average Bonchev–Trinajstić information content (AvgIpc) is 2.99. The second kappa shape index (κ2) is 5.85. The van der Waals surface area contributed by atoms with Crippen molar-refractivity contribution in [1.82, 2.24) is 0 Å². The Morgan fingerprint density at radius 1 is 1.43 bits per heavy atom. The molecule has 0 radical (unpaired) electrons. The van der Waals surface area contributed by atoms with Crippen LogP contribution in [-0.2, 0) is 11.2 Å². The second-order valence-electron chi connectivity index (χ2n) is 8.05. The minimum Gasteiger partial charge on any atom is -0.481 e. The summed E-state index contributed by atoms with van der Waals surface area (Å²) in [5.74, 6) is 0.0470. The zero-order valence-electron chi connectivity index (χ0n) is 14.3. The van der Waals surface area contributed by atoms with Gasteiger partial charge in [0.15, 0.2) is 0 Å². The van der Waals surface area contributed by atoms with Crippen molar-refractivity contribution < 1.29 is 14.3 Å². The zero-order chi connectivity index (χ0) is 16.7. The number of allylic oxidation sites excluding steroid dienone is 1. The standard InChI is InChI=1S/C20H28O3/c1-14-5-8-17-19(2,10-4-11-20(17,3)18(21)22)16(14)7-6-15-9-12-23-13-15/h9,12-13,16-17H,1,4-8,10-11H2,2-3H3,(H,21,22)/t16-,17+,19+,20-/m1/s1. The Labute approximate surface area is 138 Å². The van der Waals surface area contributed by atoms with Crippen LogP contribution in [0.25, 0.3) is 0 Å². The van der Waals surface area contributed by atoms with Crippen LogP contribution in [0, 0.1) is 22.7 Å². The van der Waals surface area contributed by atoms with Gasteiger partial charge in [-0.2, -0.15) is 0 Å². The summed E-state index contributed by atoms with van der Waals surface area (Å²) < 4.78 is 5.18. The van der Waals surface area contributed by atoms with Gasteiger partial charge in [-0.15, -0.1) is 0 Å². The molecule has 0 aliphatic heterocycles. The molecular weight excluding hydrogens is 288 g/mol. The molecule has 126 valence electrons. The summed E-state index contributed by atoms with van der Waals surface area (Å²) in [5.41, 5.74) is 2.02. The number of carboxylic acid groups (broad SMARTS) is 1. The van der Waals surface area contributed by atoms with Gasteiger partial charge in [-0.05, 0) is 74.3 Å². The Morgan fingerprint density at radius 2 is 2.22 bits per heavy atom. The number of carboxylic acids is 1. The number of carbonyl (C=O) groups is 1. The van der Waals surface area contributed by atoms with E-state index in [-0.39, 0.29) is 11.3 Å². The lowest BCUT2D eigenvalue weighted by Gasteiger charge is -2.57. The molecule has 0 saturated heterocycles. The van der Waals surface area contributed by atoms with E-state index in [0.717, 1.165) is 44.9 Å². The van der Waals surface area contributed by atoms with Crippen LogP contribution in [0.4, 0.5) is 0 Å². The molecule has 1 heterocycles. The van der Waals surface area contributed by atoms with Gasteiger partial charge in [0.2, 0.25) is 0 Å². The van der Waals surface area contributed by atoms with Crippen molar-refractivity contribution in [1.29, 1.82) is 0 Å². The first-order valence-corrected chi connectivity index (χ1v) is 8.80. The van der Waals surface area contributed by atoms with Crippen molar-refractivity contribution in [2.24, 2.45) is 22.7 Å². The van der Waals surface area contributed by atoms with E-state index in [2.05, 4.69) is 13.5 Å². The van der Waals surface area contributed by atoms with Crippen molar-refractivity contribution in [2.45, 2.75) is 58.8 Å². The van der Waals surface area contributed by atoms with Crippen LogP contribution in [0.15, 0.2) is 35.2 Å². The van der Waals surface area contributed by atoms with Gasteiger partial charge in [0.05, 0.1) is 17.9 Å². The number of furan rings is 1. The molecular formula is C20H28O3.